The Morgan fingerprint density at radius 1 is 1.28 bits per heavy atom. The molecule has 0 unspecified atom stereocenters. The molecule has 1 aromatic carbocycles. The largest absolute Gasteiger partial charge is 0.352 e. The highest BCUT2D eigenvalue weighted by molar-refractivity contribution is 14.1. The van der Waals surface area contributed by atoms with E-state index in [4.69, 9.17) is 11.6 Å². The number of unbranched alkanes of at least 4 members (excludes halogenated alkanes) is 3. The third kappa shape index (κ3) is 5.52. The Morgan fingerprint density at radius 2 is 2.00 bits per heavy atom. The van der Waals surface area contributed by atoms with E-state index in [1.165, 1.54) is 18.2 Å². The Kier molecular flexibility index (Phi) is 7.58. The van der Waals surface area contributed by atoms with Crippen LogP contribution in [-0.4, -0.2) is 18.3 Å². The van der Waals surface area contributed by atoms with Crippen LogP contribution in [0.4, 0.5) is 4.39 Å². The summed E-state index contributed by atoms with van der Waals surface area (Å²) >= 11 is 7.54. The van der Waals surface area contributed by atoms with Gasteiger partial charge in [0, 0.05) is 16.0 Å². The first-order chi connectivity index (χ1) is 8.65. The number of alkyl halides is 1. The van der Waals surface area contributed by atoms with E-state index in [1.807, 2.05) is 22.6 Å². The minimum atomic E-state index is -0.322. The molecule has 100 valence electrons. The second-order valence-electron chi connectivity index (χ2n) is 3.98. The van der Waals surface area contributed by atoms with Crippen molar-refractivity contribution in [1.82, 2.24) is 5.32 Å². The van der Waals surface area contributed by atoms with Gasteiger partial charge in [0.15, 0.2) is 0 Å². The molecular weight excluding hydrogens is 368 g/mol. The normalized spacial score (nSPS) is 10.4. The second kappa shape index (κ2) is 8.69. The van der Waals surface area contributed by atoms with Crippen LogP contribution in [0.2, 0.25) is 0 Å². The number of amides is 1. The maximum Gasteiger partial charge on any atom is 0.252 e. The van der Waals surface area contributed by atoms with Crippen molar-refractivity contribution in [3.8, 4) is 0 Å². The van der Waals surface area contributed by atoms with Crippen LogP contribution in [0.15, 0.2) is 18.2 Å². The summed E-state index contributed by atoms with van der Waals surface area (Å²) in [7, 11) is 0. The summed E-state index contributed by atoms with van der Waals surface area (Å²) in [4.78, 5) is 11.8. The van der Waals surface area contributed by atoms with E-state index < -0.39 is 0 Å². The highest BCUT2D eigenvalue weighted by Crippen LogP contribution is 2.13. The first kappa shape index (κ1) is 15.7. The highest BCUT2D eigenvalue weighted by Gasteiger charge is 2.09. The first-order valence-corrected chi connectivity index (χ1v) is 7.55. The van der Waals surface area contributed by atoms with Gasteiger partial charge in [0.25, 0.3) is 5.91 Å². The van der Waals surface area contributed by atoms with Crippen LogP contribution < -0.4 is 5.32 Å². The standard InChI is InChI=1S/C13H16ClFINO/c14-7-3-1-2-4-8-17-13(18)11-6-5-10(15)9-12(11)16/h5-6,9H,1-4,7-8H2,(H,17,18). The van der Waals surface area contributed by atoms with Crippen molar-refractivity contribution in [2.24, 2.45) is 0 Å². The molecule has 0 atom stereocenters. The van der Waals surface area contributed by atoms with E-state index in [0.29, 0.717) is 21.6 Å². The molecule has 0 aliphatic heterocycles. The number of halogens is 3. The van der Waals surface area contributed by atoms with Crippen LogP contribution >= 0.6 is 34.2 Å². The van der Waals surface area contributed by atoms with Gasteiger partial charge in [0.05, 0.1) is 5.56 Å². The number of nitrogens with one attached hydrogen (secondary N) is 1. The van der Waals surface area contributed by atoms with E-state index in [-0.39, 0.29) is 11.7 Å². The van der Waals surface area contributed by atoms with Crippen molar-refractivity contribution in [2.45, 2.75) is 25.7 Å². The fraction of sp³-hybridized carbons (Fsp3) is 0.462. The summed E-state index contributed by atoms with van der Waals surface area (Å²) in [6.45, 7) is 0.647. The molecule has 2 nitrogen and oxygen atoms in total. The Bertz CT molecular complexity index is 401. The van der Waals surface area contributed by atoms with Gasteiger partial charge in [-0.2, -0.15) is 0 Å². The fourth-order valence-corrected chi connectivity index (χ4v) is 2.46. The summed E-state index contributed by atoms with van der Waals surface area (Å²) in [5.41, 5.74) is 0.526. The van der Waals surface area contributed by atoms with Crippen LogP contribution in [0.25, 0.3) is 0 Å². The molecule has 0 saturated carbocycles. The van der Waals surface area contributed by atoms with Gasteiger partial charge < -0.3 is 5.32 Å². The summed E-state index contributed by atoms with van der Waals surface area (Å²) in [5.74, 6) is 0.230. The van der Waals surface area contributed by atoms with E-state index in [1.54, 1.807) is 0 Å². The average Bonchev–Trinajstić information content (AvgIpc) is 2.33. The molecule has 0 bridgehead atoms. The van der Waals surface area contributed by atoms with Crippen molar-refractivity contribution in [3.05, 3.63) is 33.1 Å². The van der Waals surface area contributed by atoms with Gasteiger partial charge in [0.1, 0.15) is 5.82 Å². The zero-order chi connectivity index (χ0) is 13.4. The summed E-state index contributed by atoms with van der Waals surface area (Å²) in [6, 6.07) is 4.17. The summed E-state index contributed by atoms with van der Waals surface area (Å²) in [6.07, 6.45) is 4.12. The van der Waals surface area contributed by atoms with E-state index in [9.17, 15) is 9.18 Å². The minimum Gasteiger partial charge on any atom is -0.352 e. The topological polar surface area (TPSA) is 29.1 Å². The highest BCUT2D eigenvalue weighted by atomic mass is 127. The maximum atomic E-state index is 12.9. The Hall–Kier alpha value is -0.360. The Labute approximate surface area is 125 Å². The second-order valence-corrected chi connectivity index (χ2v) is 5.52. The molecule has 0 spiro atoms. The maximum absolute atomic E-state index is 12.9. The molecule has 0 radical (unpaired) electrons. The zero-order valence-electron chi connectivity index (χ0n) is 10.0. The number of benzene rings is 1. The Balaban J connectivity index is 2.32. The number of carbonyl (C=O) groups excluding carboxylic acids is 1. The molecular formula is C13H16ClFINO. The molecule has 1 aromatic rings. The number of rotatable bonds is 7. The van der Waals surface area contributed by atoms with E-state index in [0.717, 1.165) is 25.7 Å². The molecule has 0 aliphatic rings. The molecule has 0 aliphatic carbocycles. The van der Waals surface area contributed by atoms with Crippen LogP contribution in [0.3, 0.4) is 0 Å². The lowest BCUT2D eigenvalue weighted by molar-refractivity contribution is 0.0952. The number of hydrogen-bond donors (Lipinski definition) is 1. The molecule has 1 N–H and O–H groups in total. The number of hydrogen-bond acceptors (Lipinski definition) is 1. The molecule has 0 heterocycles. The fourth-order valence-electron chi connectivity index (χ4n) is 1.54. The van der Waals surface area contributed by atoms with E-state index in [2.05, 4.69) is 5.32 Å². The van der Waals surface area contributed by atoms with Crippen molar-refractivity contribution in [1.29, 1.82) is 0 Å². The molecule has 18 heavy (non-hydrogen) atoms. The molecule has 5 heteroatoms. The van der Waals surface area contributed by atoms with Crippen molar-refractivity contribution in [2.75, 3.05) is 12.4 Å². The van der Waals surface area contributed by atoms with Crippen LogP contribution in [-0.2, 0) is 0 Å². The number of carbonyl (C=O) groups is 1. The predicted octanol–water partition coefficient (Wildman–Crippen LogP) is 3.96. The zero-order valence-corrected chi connectivity index (χ0v) is 12.9. The average molecular weight is 384 g/mol. The lowest BCUT2D eigenvalue weighted by Gasteiger charge is -2.06. The van der Waals surface area contributed by atoms with Gasteiger partial charge in [-0.25, -0.2) is 4.39 Å². The van der Waals surface area contributed by atoms with Crippen molar-refractivity contribution >= 4 is 40.1 Å². The minimum absolute atomic E-state index is 0.142. The van der Waals surface area contributed by atoms with Gasteiger partial charge in [-0.15, -0.1) is 11.6 Å². The molecule has 0 fully saturated rings. The van der Waals surface area contributed by atoms with Crippen LogP contribution in [0.5, 0.6) is 0 Å². The van der Waals surface area contributed by atoms with Gasteiger partial charge in [0.2, 0.25) is 0 Å². The lowest BCUT2D eigenvalue weighted by atomic mass is 10.2. The van der Waals surface area contributed by atoms with Gasteiger partial charge >= 0.3 is 0 Å². The van der Waals surface area contributed by atoms with Crippen molar-refractivity contribution < 1.29 is 9.18 Å². The summed E-state index contributed by atoms with van der Waals surface area (Å²) in [5, 5.41) is 2.84. The van der Waals surface area contributed by atoms with Crippen LogP contribution in [0.1, 0.15) is 36.0 Å². The lowest BCUT2D eigenvalue weighted by Crippen LogP contribution is -2.25. The van der Waals surface area contributed by atoms with Gasteiger partial charge in [-0.3, -0.25) is 4.79 Å². The third-order valence-electron chi connectivity index (χ3n) is 2.52. The molecule has 1 amide bonds. The SMILES string of the molecule is O=C(NCCCCCCCl)c1ccc(F)cc1I. The molecule has 0 saturated heterocycles. The molecule has 1 rings (SSSR count). The van der Waals surface area contributed by atoms with E-state index >= 15 is 0 Å². The monoisotopic (exact) mass is 383 g/mol. The van der Waals surface area contributed by atoms with Gasteiger partial charge in [-0.05, 0) is 53.6 Å². The molecule has 0 aromatic heterocycles. The third-order valence-corrected chi connectivity index (χ3v) is 3.68. The Morgan fingerprint density at radius 3 is 2.67 bits per heavy atom. The predicted molar refractivity (Wildman–Crippen MR) is 80.6 cm³/mol. The van der Waals surface area contributed by atoms with Gasteiger partial charge in [-0.1, -0.05) is 12.8 Å². The smallest absolute Gasteiger partial charge is 0.252 e. The van der Waals surface area contributed by atoms with Crippen LogP contribution in [0, 0.1) is 9.39 Å². The summed E-state index contributed by atoms with van der Waals surface area (Å²) < 4.78 is 13.5. The quantitative estimate of drug-likeness (QED) is 0.431. The first-order valence-electron chi connectivity index (χ1n) is 5.94. The van der Waals surface area contributed by atoms with Crippen molar-refractivity contribution in [3.63, 3.8) is 0 Å².